The van der Waals surface area contributed by atoms with E-state index >= 15 is 0 Å². The van der Waals surface area contributed by atoms with Crippen LogP contribution in [-0.2, 0) is 19.2 Å². The number of thioether (sulfide) groups is 1. The zero-order chi connectivity index (χ0) is 21.1. The fourth-order valence-corrected chi connectivity index (χ4v) is 4.19. The fraction of sp³-hybridized carbons (Fsp3) is 0.278. The number of nitrogens with zero attached hydrogens (tertiary/aromatic N) is 3. The fourth-order valence-electron chi connectivity index (χ4n) is 2.86. The number of aliphatic carboxylic acids is 1. The Hall–Kier alpha value is -3.52. The highest BCUT2D eigenvalue weighted by Crippen LogP contribution is 2.40. The second kappa shape index (κ2) is 8.24. The first-order valence-corrected chi connectivity index (χ1v) is 9.38. The first-order valence-electron chi connectivity index (χ1n) is 8.44. The monoisotopic (exact) mass is 415 g/mol. The lowest BCUT2D eigenvalue weighted by Crippen LogP contribution is -2.71. The zero-order valence-corrected chi connectivity index (χ0v) is 16.0. The molecule has 0 saturated carbocycles. The van der Waals surface area contributed by atoms with Crippen LogP contribution in [-0.4, -0.2) is 61.8 Å². The van der Waals surface area contributed by atoms with Crippen molar-refractivity contribution in [1.82, 2.24) is 15.2 Å². The van der Waals surface area contributed by atoms with Gasteiger partial charge in [0.1, 0.15) is 28.6 Å². The third kappa shape index (κ3) is 4.02. The van der Waals surface area contributed by atoms with Crippen molar-refractivity contribution in [2.45, 2.75) is 23.6 Å². The van der Waals surface area contributed by atoms with Gasteiger partial charge in [-0.25, -0.2) is 9.78 Å². The van der Waals surface area contributed by atoms with E-state index < -0.39 is 29.2 Å². The SMILES string of the molecule is C#CCO/N=C(\C(=O)NC1C(=O)N2C(C(=O)O)=CC(C)S[C@H]12)c1cccc(N)n1. The maximum absolute atomic E-state index is 12.8. The van der Waals surface area contributed by atoms with E-state index in [0.29, 0.717) is 0 Å². The summed E-state index contributed by atoms with van der Waals surface area (Å²) in [6.07, 6.45) is 6.62. The van der Waals surface area contributed by atoms with Crippen LogP contribution < -0.4 is 11.1 Å². The Morgan fingerprint density at radius 2 is 2.28 bits per heavy atom. The van der Waals surface area contributed by atoms with Crippen LogP contribution in [0.3, 0.4) is 0 Å². The van der Waals surface area contributed by atoms with Crippen LogP contribution >= 0.6 is 11.8 Å². The molecule has 1 fully saturated rings. The zero-order valence-electron chi connectivity index (χ0n) is 15.2. The van der Waals surface area contributed by atoms with E-state index in [1.54, 1.807) is 6.07 Å². The van der Waals surface area contributed by atoms with Gasteiger partial charge >= 0.3 is 5.97 Å². The number of fused-ring (bicyclic) bond motifs is 1. The summed E-state index contributed by atoms with van der Waals surface area (Å²) in [5.41, 5.74) is 5.50. The Morgan fingerprint density at radius 1 is 1.52 bits per heavy atom. The standard InChI is InChI=1S/C18H17N5O5S/c1-3-7-28-22-13(10-5-4-6-12(19)20-10)15(24)21-14-16(25)23-11(18(26)27)8-9(2)29-17(14)23/h1,4-6,8-9,14,17H,7H2,2H3,(H2,19,20)(H,21,24)(H,26,27)/b22-13-/t9?,14?,17-/m1/s1. The first-order chi connectivity index (χ1) is 13.8. The Labute approximate surface area is 170 Å². The van der Waals surface area contributed by atoms with Crippen molar-refractivity contribution in [1.29, 1.82) is 0 Å². The molecule has 29 heavy (non-hydrogen) atoms. The summed E-state index contributed by atoms with van der Waals surface area (Å²) in [6.45, 7) is 1.64. The summed E-state index contributed by atoms with van der Waals surface area (Å²) in [6, 6.07) is 3.71. The molecule has 0 radical (unpaired) electrons. The quantitative estimate of drug-likeness (QED) is 0.190. The second-order valence-electron chi connectivity index (χ2n) is 6.11. The summed E-state index contributed by atoms with van der Waals surface area (Å²) in [5.74, 6) is -0.0652. The van der Waals surface area contributed by atoms with Crippen LogP contribution in [0, 0.1) is 12.3 Å². The number of carboxylic acid groups (broad SMARTS) is 1. The van der Waals surface area contributed by atoms with Crippen LogP contribution in [0.5, 0.6) is 0 Å². The number of nitrogens with one attached hydrogen (secondary N) is 1. The van der Waals surface area contributed by atoms with Crippen molar-refractivity contribution >= 4 is 41.1 Å². The van der Waals surface area contributed by atoms with E-state index in [2.05, 4.69) is 21.4 Å². The first kappa shape index (κ1) is 20.2. The molecule has 3 atom stereocenters. The predicted molar refractivity (Wildman–Crippen MR) is 105 cm³/mol. The van der Waals surface area contributed by atoms with Gasteiger partial charge < -0.3 is 21.0 Å². The van der Waals surface area contributed by atoms with Crippen molar-refractivity contribution in [3.8, 4) is 12.3 Å². The number of nitrogens with two attached hydrogens (primary N) is 1. The number of carboxylic acids is 1. The van der Waals surface area contributed by atoms with Crippen molar-refractivity contribution in [2.24, 2.45) is 5.16 Å². The number of aromatic nitrogens is 1. The summed E-state index contributed by atoms with van der Waals surface area (Å²) in [4.78, 5) is 46.8. The summed E-state index contributed by atoms with van der Waals surface area (Å²) in [5, 5.41) is 14.9. The predicted octanol–water partition coefficient (Wildman–Crippen LogP) is -0.225. The molecule has 11 heteroatoms. The third-order valence-corrected chi connectivity index (χ3v) is 5.41. The molecule has 2 aliphatic heterocycles. The van der Waals surface area contributed by atoms with Gasteiger partial charge in [-0.15, -0.1) is 18.2 Å². The summed E-state index contributed by atoms with van der Waals surface area (Å²) < 4.78 is 0. The Kier molecular flexibility index (Phi) is 5.74. The molecule has 10 nitrogen and oxygen atoms in total. The lowest BCUT2D eigenvalue weighted by atomic mass is 10.0. The van der Waals surface area contributed by atoms with Gasteiger partial charge in [-0.3, -0.25) is 14.5 Å². The second-order valence-corrected chi connectivity index (χ2v) is 7.61. The Morgan fingerprint density at radius 3 is 2.93 bits per heavy atom. The molecule has 0 bridgehead atoms. The maximum Gasteiger partial charge on any atom is 0.352 e. The molecule has 3 rings (SSSR count). The number of rotatable bonds is 6. The van der Waals surface area contributed by atoms with Gasteiger partial charge in [0, 0.05) is 5.25 Å². The number of hydrogen-bond donors (Lipinski definition) is 3. The van der Waals surface area contributed by atoms with E-state index in [-0.39, 0.29) is 34.8 Å². The Bertz CT molecular complexity index is 970. The third-order valence-electron chi connectivity index (χ3n) is 4.09. The number of oxime groups is 1. The van der Waals surface area contributed by atoms with Crippen LogP contribution in [0.15, 0.2) is 35.1 Å². The lowest BCUT2D eigenvalue weighted by Gasteiger charge is -2.49. The molecule has 2 aliphatic rings. The number of β-lactam (4-membered cyclic amide) rings is 1. The number of pyridine rings is 1. The largest absolute Gasteiger partial charge is 0.477 e. The van der Waals surface area contributed by atoms with Gasteiger partial charge in [0.15, 0.2) is 12.3 Å². The van der Waals surface area contributed by atoms with Gasteiger partial charge in [0.2, 0.25) is 0 Å². The Balaban J connectivity index is 1.81. The van der Waals surface area contributed by atoms with Crippen molar-refractivity contribution < 1.29 is 24.3 Å². The van der Waals surface area contributed by atoms with E-state index in [0.717, 1.165) is 4.90 Å². The molecule has 150 valence electrons. The summed E-state index contributed by atoms with van der Waals surface area (Å²) >= 11 is 1.36. The molecular formula is C18H17N5O5S. The highest BCUT2D eigenvalue weighted by molar-refractivity contribution is 8.00. The molecule has 2 amide bonds. The van der Waals surface area contributed by atoms with E-state index in [9.17, 15) is 19.5 Å². The minimum absolute atomic E-state index is 0.0968. The van der Waals surface area contributed by atoms with Gasteiger partial charge in [-0.2, -0.15) is 0 Å². The van der Waals surface area contributed by atoms with Gasteiger partial charge in [0.25, 0.3) is 11.8 Å². The topological polar surface area (TPSA) is 147 Å². The number of amides is 2. The van der Waals surface area contributed by atoms with Gasteiger partial charge in [-0.05, 0) is 25.1 Å². The molecule has 1 aromatic heterocycles. The van der Waals surface area contributed by atoms with Crippen molar-refractivity contribution in [3.63, 3.8) is 0 Å². The molecule has 4 N–H and O–H groups in total. The average molecular weight is 415 g/mol. The van der Waals surface area contributed by atoms with Crippen molar-refractivity contribution in [2.75, 3.05) is 12.3 Å². The molecule has 0 spiro atoms. The maximum atomic E-state index is 12.8. The van der Waals surface area contributed by atoms with E-state index in [4.69, 9.17) is 17.0 Å². The molecule has 0 aliphatic carbocycles. The number of terminal acetylenes is 1. The smallest absolute Gasteiger partial charge is 0.352 e. The normalized spacial score (nSPS) is 23.2. The van der Waals surface area contributed by atoms with Crippen LogP contribution in [0.2, 0.25) is 0 Å². The van der Waals surface area contributed by atoms with Gasteiger partial charge in [0.05, 0.1) is 0 Å². The lowest BCUT2D eigenvalue weighted by molar-refractivity contribution is -0.150. The van der Waals surface area contributed by atoms with E-state index in [1.165, 1.54) is 30.0 Å². The molecule has 1 aromatic rings. The van der Waals surface area contributed by atoms with E-state index in [1.807, 2.05) is 6.92 Å². The number of nitrogen functional groups attached to an aromatic ring is 1. The van der Waals surface area contributed by atoms with Crippen LogP contribution in [0.25, 0.3) is 0 Å². The van der Waals surface area contributed by atoms with Crippen LogP contribution in [0.1, 0.15) is 12.6 Å². The number of anilines is 1. The highest BCUT2D eigenvalue weighted by atomic mass is 32.2. The molecule has 0 aromatic carbocycles. The number of carbonyl (C=O) groups excluding carboxylic acids is 2. The van der Waals surface area contributed by atoms with Crippen molar-refractivity contribution in [3.05, 3.63) is 35.7 Å². The highest BCUT2D eigenvalue weighted by Gasteiger charge is 2.54. The van der Waals surface area contributed by atoms with Gasteiger partial charge in [-0.1, -0.05) is 17.1 Å². The minimum Gasteiger partial charge on any atom is -0.477 e. The average Bonchev–Trinajstić information content (AvgIpc) is 2.68. The number of hydrogen-bond acceptors (Lipinski definition) is 8. The molecule has 1 saturated heterocycles. The molecule has 2 unspecified atom stereocenters. The molecular weight excluding hydrogens is 398 g/mol. The molecule has 3 heterocycles. The minimum atomic E-state index is -1.20. The van der Waals surface area contributed by atoms with Crippen LogP contribution in [0.4, 0.5) is 5.82 Å². The summed E-state index contributed by atoms with van der Waals surface area (Å²) in [7, 11) is 0. The number of carbonyl (C=O) groups is 3.